The van der Waals surface area contributed by atoms with E-state index in [0.29, 0.717) is 27.1 Å². The van der Waals surface area contributed by atoms with Crippen LogP contribution in [0.25, 0.3) is 0 Å². The van der Waals surface area contributed by atoms with E-state index in [1.807, 2.05) is 0 Å². The topological polar surface area (TPSA) is 79.8 Å². The molecule has 47 heavy (non-hydrogen) atoms. The number of likely N-dealkylation sites (N-methyl/N-ethyl adjacent to an activating group) is 1. The lowest BCUT2D eigenvalue weighted by molar-refractivity contribution is -0.138. The van der Waals surface area contributed by atoms with E-state index in [0.717, 1.165) is 30.3 Å². The number of aryl methyl sites for hydroxylation is 1. The molecule has 0 bridgehead atoms. The van der Waals surface area contributed by atoms with Crippen molar-refractivity contribution < 1.29 is 44.3 Å². The molecule has 7 nitrogen and oxygen atoms in total. The Morgan fingerprint density at radius 2 is 1.40 bits per heavy atom. The van der Waals surface area contributed by atoms with Crippen LogP contribution in [0.4, 0.5) is 37.7 Å². The summed E-state index contributed by atoms with van der Waals surface area (Å²) in [4.78, 5) is 16.5. The van der Waals surface area contributed by atoms with Crippen LogP contribution in [-0.2, 0) is 39.1 Å². The number of carbonyl (C=O) groups excluding carboxylic acids is 1. The number of nitrogens with zero attached hydrogens (tertiary/aromatic N) is 3. The third kappa shape index (κ3) is 8.15. The van der Waals surface area contributed by atoms with Crippen molar-refractivity contribution in [3.63, 3.8) is 0 Å². The molecule has 17 heteroatoms. The van der Waals surface area contributed by atoms with Crippen molar-refractivity contribution in [1.29, 1.82) is 0 Å². The number of hydrogen-bond acceptors (Lipinski definition) is 5. The van der Waals surface area contributed by atoms with Crippen molar-refractivity contribution in [1.82, 2.24) is 4.98 Å². The van der Waals surface area contributed by atoms with E-state index in [1.165, 1.54) is 49.3 Å². The minimum Gasteiger partial charge on any atom is -0.437 e. The molecule has 0 saturated heterocycles. The number of aromatic nitrogens is 1. The van der Waals surface area contributed by atoms with Crippen LogP contribution in [0.5, 0.6) is 11.6 Å². The molecule has 4 aromatic rings. The number of anilines is 2. The molecule has 3 aromatic carbocycles. The molecule has 1 aromatic heterocycles. The minimum absolute atomic E-state index is 0.0667. The molecule has 4 rings (SSSR count). The van der Waals surface area contributed by atoms with E-state index in [-0.39, 0.29) is 17.3 Å². The third-order valence-electron chi connectivity index (χ3n) is 6.28. The summed E-state index contributed by atoms with van der Waals surface area (Å²) in [5, 5.41) is -1.42. The fourth-order valence-electron chi connectivity index (χ4n) is 3.97. The largest absolute Gasteiger partial charge is 0.437 e. The van der Waals surface area contributed by atoms with Gasteiger partial charge in [0.2, 0.25) is 11.8 Å². The van der Waals surface area contributed by atoms with Gasteiger partial charge < -0.3 is 9.64 Å². The van der Waals surface area contributed by atoms with E-state index >= 15 is 0 Å². The molecule has 0 aliphatic carbocycles. The SMILES string of the molecule is C=CC(=O)N(C)c1cccc(Oc2ncc(C)cc2N(S(=O)c2ccc(Cl)c(C(F)(F)F)c2)S(=O)c2ccc(Cl)c(C(F)(F)F)c2)c1. The Morgan fingerprint density at radius 3 is 1.89 bits per heavy atom. The number of halogens is 8. The quantitative estimate of drug-likeness (QED) is 0.127. The second-order valence-electron chi connectivity index (χ2n) is 9.57. The summed E-state index contributed by atoms with van der Waals surface area (Å²) in [7, 11) is -4.15. The molecule has 2 unspecified atom stereocenters. The summed E-state index contributed by atoms with van der Waals surface area (Å²) in [6.45, 7) is 4.97. The molecule has 0 radical (unpaired) electrons. The van der Waals surface area contributed by atoms with Crippen molar-refractivity contribution >= 4 is 62.5 Å². The van der Waals surface area contributed by atoms with Crippen LogP contribution in [-0.4, -0.2) is 26.4 Å². The van der Waals surface area contributed by atoms with Gasteiger partial charge in [-0.2, -0.15) is 30.1 Å². The number of rotatable bonds is 9. The maximum atomic E-state index is 14.1. The third-order valence-corrected chi connectivity index (χ3v) is 10.1. The molecule has 0 fully saturated rings. The Hall–Kier alpha value is -3.92. The van der Waals surface area contributed by atoms with Gasteiger partial charge in [0.1, 0.15) is 11.4 Å². The molecule has 0 saturated carbocycles. The van der Waals surface area contributed by atoms with Crippen LogP contribution in [0.2, 0.25) is 10.0 Å². The van der Waals surface area contributed by atoms with Crippen LogP contribution < -0.4 is 13.3 Å². The number of pyridine rings is 1. The minimum atomic E-state index is -4.97. The molecule has 2 atom stereocenters. The van der Waals surface area contributed by atoms with Crippen LogP contribution >= 0.6 is 23.2 Å². The molecule has 0 N–H and O–H groups in total. The average Bonchev–Trinajstić information content (AvgIpc) is 3.01. The molecule has 1 amide bonds. The Labute approximate surface area is 279 Å². The molecular formula is C30H21Cl2F6N3O4S2. The predicted molar refractivity (Wildman–Crippen MR) is 167 cm³/mol. The van der Waals surface area contributed by atoms with Crippen molar-refractivity contribution in [3.8, 4) is 11.6 Å². The normalized spacial score (nSPS) is 13.1. The molecule has 0 aliphatic rings. The van der Waals surface area contributed by atoms with Gasteiger partial charge >= 0.3 is 12.4 Å². The number of carbonyl (C=O) groups is 1. The molecule has 0 aliphatic heterocycles. The highest BCUT2D eigenvalue weighted by molar-refractivity contribution is 8.04. The number of hydrogen-bond donors (Lipinski definition) is 0. The highest BCUT2D eigenvalue weighted by atomic mass is 35.5. The highest BCUT2D eigenvalue weighted by Gasteiger charge is 2.37. The Kier molecular flexibility index (Phi) is 10.7. The van der Waals surface area contributed by atoms with Crippen LogP contribution in [0, 0.1) is 6.92 Å². The summed E-state index contributed by atoms with van der Waals surface area (Å²) >= 11 is 11.5. The first-order chi connectivity index (χ1) is 21.9. The zero-order chi connectivity index (χ0) is 34.8. The number of ether oxygens (including phenoxy) is 1. The average molecular weight is 737 g/mol. The monoisotopic (exact) mass is 735 g/mol. The second kappa shape index (κ2) is 14.1. The van der Waals surface area contributed by atoms with Gasteiger partial charge in [0, 0.05) is 25.0 Å². The van der Waals surface area contributed by atoms with E-state index in [9.17, 15) is 39.6 Å². The maximum Gasteiger partial charge on any atom is 0.417 e. The zero-order valence-electron chi connectivity index (χ0n) is 24.0. The Morgan fingerprint density at radius 1 is 0.872 bits per heavy atom. The van der Waals surface area contributed by atoms with Crippen LogP contribution in [0.15, 0.2) is 95.4 Å². The number of alkyl halides is 6. The van der Waals surface area contributed by atoms with Crippen LogP contribution in [0.3, 0.4) is 0 Å². The molecular weight excluding hydrogens is 715 g/mol. The van der Waals surface area contributed by atoms with Gasteiger partial charge in [-0.3, -0.25) is 4.79 Å². The van der Waals surface area contributed by atoms with Gasteiger partial charge in [0.15, 0.2) is 22.0 Å². The van der Waals surface area contributed by atoms with Gasteiger partial charge in [0.05, 0.1) is 31.0 Å². The summed E-state index contributed by atoms with van der Waals surface area (Å²) < 4.78 is 117. The summed E-state index contributed by atoms with van der Waals surface area (Å²) in [6.07, 6.45) is -7.54. The van der Waals surface area contributed by atoms with Gasteiger partial charge in [-0.1, -0.05) is 35.8 Å². The van der Waals surface area contributed by atoms with E-state index in [1.54, 1.807) is 6.07 Å². The van der Waals surface area contributed by atoms with E-state index in [2.05, 4.69) is 11.6 Å². The van der Waals surface area contributed by atoms with Gasteiger partial charge in [0.25, 0.3) is 0 Å². The van der Waals surface area contributed by atoms with Crippen molar-refractivity contribution in [2.45, 2.75) is 29.1 Å². The molecule has 248 valence electrons. The van der Waals surface area contributed by atoms with Gasteiger partial charge in [-0.05, 0) is 73.2 Å². The number of amides is 1. The van der Waals surface area contributed by atoms with Crippen molar-refractivity contribution in [2.75, 3.05) is 15.7 Å². The standard InChI is InChI=1S/C30H21Cl2F6N3O4S2/c1-4-27(42)40(3)18-6-5-7-19(13-18)45-28-26(12-17(2)16-39-28)41(46(43)20-8-10-24(31)22(14-20)29(33,34)35)47(44)21-9-11-25(32)23(15-21)30(36,37)38/h4-16H,1H2,2-3H3. The van der Waals surface area contributed by atoms with Crippen molar-refractivity contribution in [3.05, 3.63) is 112 Å². The summed E-state index contributed by atoms with van der Waals surface area (Å²) in [6, 6.07) is 11.9. The smallest absolute Gasteiger partial charge is 0.417 e. The Balaban J connectivity index is 1.92. The van der Waals surface area contributed by atoms with Gasteiger partial charge in [-0.15, -0.1) is 0 Å². The second-order valence-corrected chi connectivity index (χ2v) is 13.3. The lowest BCUT2D eigenvalue weighted by Crippen LogP contribution is -2.29. The molecule has 0 spiro atoms. The fourth-order valence-corrected chi connectivity index (χ4v) is 7.24. The predicted octanol–water partition coefficient (Wildman–Crippen LogP) is 8.93. The summed E-state index contributed by atoms with van der Waals surface area (Å²) in [5.41, 5.74) is -2.30. The maximum absolute atomic E-state index is 14.1. The number of benzene rings is 3. The fraction of sp³-hybridized carbons (Fsp3) is 0.133. The first kappa shape index (κ1) is 35.9. The van der Waals surface area contributed by atoms with Crippen molar-refractivity contribution in [2.24, 2.45) is 0 Å². The summed E-state index contributed by atoms with van der Waals surface area (Å²) in [5.74, 6) is -0.755. The van der Waals surface area contributed by atoms with Gasteiger partial charge in [-0.25, -0.2) is 13.4 Å². The first-order valence-corrected chi connectivity index (χ1v) is 15.9. The first-order valence-electron chi connectivity index (χ1n) is 12.9. The lowest BCUT2D eigenvalue weighted by atomic mass is 10.2. The molecule has 1 heterocycles. The van der Waals surface area contributed by atoms with Crippen LogP contribution in [0.1, 0.15) is 16.7 Å². The van der Waals surface area contributed by atoms with E-state index in [4.69, 9.17) is 27.9 Å². The lowest BCUT2D eigenvalue weighted by Gasteiger charge is -2.25. The highest BCUT2D eigenvalue weighted by Crippen LogP contribution is 2.41. The van der Waals surface area contributed by atoms with E-state index < -0.39 is 71.2 Å². The zero-order valence-corrected chi connectivity index (χ0v) is 27.2. The Bertz CT molecular complexity index is 1830.